The third-order valence-corrected chi connectivity index (χ3v) is 3.05. The van der Waals surface area contributed by atoms with Crippen molar-refractivity contribution in [3.8, 4) is 0 Å². The van der Waals surface area contributed by atoms with Crippen LogP contribution < -0.4 is 5.73 Å². The number of aromatic nitrogens is 1. The Morgan fingerprint density at radius 3 is 2.87 bits per heavy atom. The van der Waals surface area contributed by atoms with Crippen LogP contribution in [-0.4, -0.2) is 4.98 Å². The average Bonchev–Trinajstić information content (AvgIpc) is 2.58. The van der Waals surface area contributed by atoms with Crippen LogP contribution in [0, 0.1) is 5.82 Å². The first kappa shape index (κ1) is 10.4. The van der Waals surface area contributed by atoms with Gasteiger partial charge in [0.05, 0.1) is 5.02 Å². The molecule has 1 aromatic heterocycles. The summed E-state index contributed by atoms with van der Waals surface area (Å²) in [5.41, 5.74) is 6.46. The maximum atomic E-state index is 12.9. The Morgan fingerprint density at radius 1 is 1.47 bits per heavy atom. The number of rotatable bonds is 2. The van der Waals surface area contributed by atoms with E-state index in [9.17, 15) is 4.39 Å². The van der Waals surface area contributed by atoms with Crippen LogP contribution in [0.1, 0.15) is 10.4 Å². The van der Waals surface area contributed by atoms with Crippen LogP contribution in [0.3, 0.4) is 0 Å². The highest BCUT2D eigenvalue weighted by Crippen LogP contribution is 2.21. The molecule has 0 saturated carbocycles. The number of thiazole rings is 1. The summed E-state index contributed by atoms with van der Waals surface area (Å²) in [7, 11) is 0. The minimum absolute atomic E-state index is 0.144. The van der Waals surface area contributed by atoms with Crippen molar-refractivity contribution in [1.82, 2.24) is 4.98 Å². The Labute approximate surface area is 95.5 Å². The zero-order valence-corrected chi connectivity index (χ0v) is 9.28. The molecule has 0 fully saturated rings. The molecule has 0 unspecified atom stereocenters. The normalized spacial score (nSPS) is 10.5. The van der Waals surface area contributed by atoms with E-state index in [2.05, 4.69) is 4.98 Å². The van der Waals surface area contributed by atoms with Crippen molar-refractivity contribution in [2.75, 3.05) is 5.73 Å². The summed E-state index contributed by atoms with van der Waals surface area (Å²) in [5, 5.41) is 0.684. The molecule has 0 bridgehead atoms. The second-order valence-corrected chi connectivity index (χ2v) is 4.64. The Hall–Kier alpha value is -1.13. The van der Waals surface area contributed by atoms with E-state index in [0.29, 0.717) is 11.6 Å². The van der Waals surface area contributed by atoms with Gasteiger partial charge in [0.15, 0.2) is 5.13 Å². The first-order valence-corrected chi connectivity index (χ1v) is 5.48. The smallest absolute Gasteiger partial charge is 0.180 e. The van der Waals surface area contributed by atoms with Gasteiger partial charge in [0.2, 0.25) is 0 Å². The van der Waals surface area contributed by atoms with E-state index in [-0.39, 0.29) is 5.02 Å². The molecule has 0 aliphatic heterocycles. The van der Waals surface area contributed by atoms with Crippen molar-refractivity contribution in [1.29, 1.82) is 0 Å². The predicted octanol–water partition coefficient (Wildman–Crippen LogP) is 3.11. The molecule has 0 aliphatic rings. The standard InChI is InChI=1S/C10H8ClFN2S/c11-8-4-6(1-2-9(8)12)3-7-5-14-10(13)15-7/h1-2,4-5H,3H2,(H2,13,14). The number of hydrogen-bond donors (Lipinski definition) is 1. The Balaban J connectivity index is 2.21. The molecule has 0 atom stereocenters. The Morgan fingerprint density at radius 2 is 2.27 bits per heavy atom. The number of nitrogens with two attached hydrogens (primary N) is 1. The van der Waals surface area contributed by atoms with Gasteiger partial charge in [-0.25, -0.2) is 9.37 Å². The number of anilines is 1. The van der Waals surface area contributed by atoms with Crippen LogP contribution in [0.4, 0.5) is 9.52 Å². The molecule has 2 rings (SSSR count). The highest BCUT2D eigenvalue weighted by molar-refractivity contribution is 7.15. The van der Waals surface area contributed by atoms with E-state index >= 15 is 0 Å². The summed E-state index contributed by atoms with van der Waals surface area (Å²) in [5.74, 6) is -0.399. The molecule has 0 radical (unpaired) electrons. The third-order valence-electron chi connectivity index (χ3n) is 1.93. The van der Waals surface area contributed by atoms with E-state index in [4.69, 9.17) is 17.3 Å². The number of nitrogens with zero attached hydrogens (tertiary/aromatic N) is 1. The zero-order valence-electron chi connectivity index (χ0n) is 7.71. The first-order chi connectivity index (χ1) is 7.15. The summed E-state index contributed by atoms with van der Waals surface area (Å²) in [4.78, 5) is 4.98. The predicted molar refractivity (Wildman–Crippen MR) is 60.7 cm³/mol. The van der Waals surface area contributed by atoms with Crippen molar-refractivity contribution >= 4 is 28.1 Å². The van der Waals surface area contributed by atoms with Crippen molar-refractivity contribution in [3.63, 3.8) is 0 Å². The average molecular weight is 243 g/mol. The molecular formula is C10H8ClFN2S. The Kier molecular flexibility index (Phi) is 2.88. The van der Waals surface area contributed by atoms with Crippen molar-refractivity contribution < 1.29 is 4.39 Å². The molecule has 2 N–H and O–H groups in total. The fourth-order valence-electron chi connectivity index (χ4n) is 1.26. The molecule has 0 saturated heterocycles. The molecular weight excluding hydrogens is 235 g/mol. The van der Waals surface area contributed by atoms with Crippen LogP contribution in [0.5, 0.6) is 0 Å². The van der Waals surface area contributed by atoms with E-state index in [0.717, 1.165) is 10.4 Å². The summed E-state index contributed by atoms with van der Waals surface area (Å²) in [6.07, 6.45) is 2.39. The van der Waals surface area contributed by atoms with E-state index in [1.54, 1.807) is 18.3 Å². The van der Waals surface area contributed by atoms with Gasteiger partial charge in [0.1, 0.15) is 5.82 Å². The molecule has 5 heteroatoms. The molecule has 2 nitrogen and oxygen atoms in total. The van der Waals surface area contributed by atoms with E-state index in [1.807, 2.05) is 0 Å². The largest absolute Gasteiger partial charge is 0.375 e. The quantitative estimate of drug-likeness (QED) is 0.879. The second-order valence-electron chi connectivity index (χ2n) is 3.09. The fourth-order valence-corrected chi connectivity index (χ4v) is 2.18. The van der Waals surface area contributed by atoms with E-state index in [1.165, 1.54) is 17.4 Å². The molecule has 1 heterocycles. The minimum Gasteiger partial charge on any atom is -0.375 e. The van der Waals surface area contributed by atoms with Gasteiger partial charge >= 0.3 is 0 Å². The van der Waals surface area contributed by atoms with Gasteiger partial charge in [-0.3, -0.25) is 0 Å². The molecule has 1 aromatic carbocycles. The summed E-state index contributed by atoms with van der Waals surface area (Å²) >= 11 is 7.10. The van der Waals surface area contributed by atoms with Gasteiger partial charge in [-0.05, 0) is 17.7 Å². The van der Waals surface area contributed by atoms with Gasteiger partial charge in [0.25, 0.3) is 0 Å². The lowest BCUT2D eigenvalue weighted by atomic mass is 10.1. The number of halogens is 2. The molecule has 2 aromatic rings. The van der Waals surface area contributed by atoms with Crippen molar-refractivity contribution in [2.24, 2.45) is 0 Å². The molecule has 15 heavy (non-hydrogen) atoms. The number of benzene rings is 1. The van der Waals surface area contributed by atoms with Crippen LogP contribution >= 0.6 is 22.9 Å². The van der Waals surface area contributed by atoms with Crippen LogP contribution in [0.2, 0.25) is 5.02 Å². The third kappa shape index (κ3) is 2.46. The van der Waals surface area contributed by atoms with Gasteiger partial charge in [-0.1, -0.05) is 17.7 Å². The molecule has 0 spiro atoms. The topological polar surface area (TPSA) is 38.9 Å². The minimum atomic E-state index is -0.399. The lowest BCUT2D eigenvalue weighted by Gasteiger charge is -1.99. The lowest BCUT2D eigenvalue weighted by Crippen LogP contribution is -1.86. The van der Waals surface area contributed by atoms with Gasteiger partial charge in [0, 0.05) is 17.5 Å². The molecule has 0 amide bonds. The second kappa shape index (κ2) is 4.16. The maximum absolute atomic E-state index is 12.9. The SMILES string of the molecule is Nc1ncc(Cc2ccc(F)c(Cl)c2)s1. The number of nitrogen functional groups attached to an aromatic ring is 1. The van der Waals surface area contributed by atoms with E-state index < -0.39 is 5.82 Å². The maximum Gasteiger partial charge on any atom is 0.180 e. The fraction of sp³-hybridized carbons (Fsp3) is 0.100. The first-order valence-electron chi connectivity index (χ1n) is 4.29. The van der Waals surface area contributed by atoms with Crippen LogP contribution in [0.25, 0.3) is 0 Å². The van der Waals surface area contributed by atoms with Crippen LogP contribution in [-0.2, 0) is 6.42 Å². The summed E-state index contributed by atoms with van der Waals surface area (Å²) < 4.78 is 12.9. The lowest BCUT2D eigenvalue weighted by molar-refractivity contribution is 0.627. The highest BCUT2D eigenvalue weighted by Gasteiger charge is 2.04. The number of hydrogen-bond acceptors (Lipinski definition) is 3. The van der Waals surface area contributed by atoms with Gasteiger partial charge in [-0.15, -0.1) is 11.3 Å². The Bertz CT molecular complexity index is 484. The van der Waals surface area contributed by atoms with Gasteiger partial charge in [-0.2, -0.15) is 0 Å². The summed E-state index contributed by atoms with van der Waals surface area (Å²) in [6, 6.07) is 4.69. The van der Waals surface area contributed by atoms with Crippen molar-refractivity contribution in [2.45, 2.75) is 6.42 Å². The monoisotopic (exact) mass is 242 g/mol. The zero-order chi connectivity index (χ0) is 10.8. The molecule has 0 aliphatic carbocycles. The van der Waals surface area contributed by atoms with Crippen LogP contribution in [0.15, 0.2) is 24.4 Å². The molecule has 78 valence electrons. The summed E-state index contributed by atoms with van der Waals surface area (Å²) in [6.45, 7) is 0. The van der Waals surface area contributed by atoms with Gasteiger partial charge < -0.3 is 5.73 Å². The highest BCUT2D eigenvalue weighted by atomic mass is 35.5. The van der Waals surface area contributed by atoms with Crippen molar-refractivity contribution in [3.05, 3.63) is 45.7 Å².